The molecule has 1 aliphatic heterocycles. The molecule has 1 aromatic heterocycles. The van der Waals surface area contributed by atoms with E-state index in [4.69, 9.17) is 9.15 Å². The first-order chi connectivity index (χ1) is 19.5. The Morgan fingerprint density at radius 3 is 2.23 bits per heavy atom. The molecule has 0 spiro atoms. The highest BCUT2D eigenvalue weighted by atomic mass is 16.5. The fraction of sp³-hybridized carbons (Fsp3) is 0.188. The smallest absolute Gasteiger partial charge is 0.307 e. The highest BCUT2D eigenvalue weighted by Crippen LogP contribution is 2.63. The van der Waals surface area contributed by atoms with Crippen molar-refractivity contribution in [2.24, 2.45) is 16.9 Å². The Balaban J connectivity index is 1.42. The molecular formula is C32H25N3O5. The zero-order valence-electron chi connectivity index (χ0n) is 21.8. The summed E-state index contributed by atoms with van der Waals surface area (Å²) in [5, 5.41) is 4.41. The van der Waals surface area contributed by atoms with Crippen LogP contribution in [0.5, 0.6) is 5.75 Å². The Morgan fingerprint density at radius 2 is 1.57 bits per heavy atom. The summed E-state index contributed by atoms with van der Waals surface area (Å²) in [6, 6.07) is 26.1. The van der Waals surface area contributed by atoms with Crippen LogP contribution >= 0.6 is 0 Å². The van der Waals surface area contributed by atoms with Crippen molar-refractivity contribution in [3.8, 4) is 5.75 Å². The molecule has 1 saturated heterocycles. The summed E-state index contributed by atoms with van der Waals surface area (Å²) in [7, 11) is 1.52. The number of methoxy groups -OCH3 is 1. The normalized spacial score (nSPS) is 24.1. The topological polar surface area (TPSA) is 101 Å². The number of rotatable bonds is 5. The molecule has 0 radical (unpaired) electrons. The van der Waals surface area contributed by atoms with Crippen LogP contribution in [0.2, 0.25) is 0 Å². The van der Waals surface area contributed by atoms with Crippen molar-refractivity contribution in [3.05, 3.63) is 119 Å². The van der Waals surface area contributed by atoms with Gasteiger partial charge in [0.15, 0.2) is 5.76 Å². The number of nitrogens with one attached hydrogen (secondary N) is 1. The number of hydrogen-bond donors (Lipinski definition) is 1. The molecule has 4 aromatic rings. The van der Waals surface area contributed by atoms with E-state index in [1.807, 2.05) is 48.5 Å². The van der Waals surface area contributed by atoms with Crippen LogP contribution in [-0.4, -0.2) is 31.0 Å². The van der Waals surface area contributed by atoms with E-state index in [0.29, 0.717) is 17.2 Å². The van der Waals surface area contributed by atoms with E-state index < -0.39 is 23.2 Å². The number of aryl methyl sites for hydroxylation is 1. The van der Waals surface area contributed by atoms with Crippen molar-refractivity contribution >= 4 is 29.6 Å². The van der Waals surface area contributed by atoms with E-state index in [-0.39, 0.29) is 23.5 Å². The van der Waals surface area contributed by atoms with E-state index in [9.17, 15) is 14.4 Å². The number of para-hydroxylation sites is 2. The molecule has 2 atom stereocenters. The Bertz CT molecular complexity index is 1690. The minimum Gasteiger partial charge on any atom is -0.495 e. The number of hydrazone groups is 1. The minimum absolute atomic E-state index is 0.132. The van der Waals surface area contributed by atoms with Gasteiger partial charge in [-0.1, -0.05) is 60.7 Å². The number of carbonyl (C=O) groups is 3. The van der Waals surface area contributed by atoms with E-state index in [0.717, 1.165) is 22.3 Å². The van der Waals surface area contributed by atoms with E-state index in [1.54, 1.807) is 49.5 Å². The van der Waals surface area contributed by atoms with Crippen LogP contribution in [0.4, 0.5) is 5.69 Å². The molecule has 3 aromatic carbocycles. The SMILES string of the molecule is COc1ccccc1N1C(=O)[C@@H]2[C@@H](C1=O)C1c3ccccc3C2(/C=N\NC(=O)c2ccc(C)o2)c2ccccc21. The van der Waals surface area contributed by atoms with Gasteiger partial charge in [-0.05, 0) is 53.4 Å². The summed E-state index contributed by atoms with van der Waals surface area (Å²) in [6.45, 7) is 1.75. The molecule has 3 amide bonds. The van der Waals surface area contributed by atoms with Crippen LogP contribution in [0.1, 0.15) is 44.5 Å². The van der Waals surface area contributed by atoms with Gasteiger partial charge >= 0.3 is 5.91 Å². The summed E-state index contributed by atoms with van der Waals surface area (Å²) >= 11 is 0. The fourth-order valence-corrected chi connectivity index (χ4v) is 6.91. The van der Waals surface area contributed by atoms with Crippen molar-refractivity contribution in [1.82, 2.24) is 5.43 Å². The molecule has 0 unspecified atom stereocenters. The highest BCUT2D eigenvalue weighted by Gasteiger charge is 2.68. The first-order valence-corrected chi connectivity index (χ1v) is 13.1. The lowest BCUT2D eigenvalue weighted by Gasteiger charge is -2.52. The number of imide groups is 1. The summed E-state index contributed by atoms with van der Waals surface area (Å²) in [5.41, 5.74) is 5.64. The maximum absolute atomic E-state index is 14.4. The van der Waals surface area contributed by atoms with Gasteiger partial charge in [0.05, 0.1) is 30.0 Å². The third kappa shape index (κ3) is 3.13. The van der Waals surface area contributed by atoms with Crippen molar-refractivity contribution in [3.63, 3.8) is 0 Å². The summed E-state index contributed by atoms with van der Waals surface area (Å²) in [4.78, 5) is 42.8. The molecule has 8 rings (SSSR count). The number of ether oxygens (including phenoxy) is 1. The van der Waals surface area contributed by atoms with Crippen LogP contribution in [-0.2, 0) is 15.0 Å². The van der Waals surface area contributed by atoms with Crippen LogP contribution in [0.15, 0.2) is 94.4 Å². The average molecular weight is 532 g/mol. The third-order valence-electron chi connectivity index (χ3n) is 8.41. The first kappa shape index (κ1) is 24.1. The Labute approximate surface area is 230 Å². The Hall–Kier alpha value is -4.98. The van der Waals surface area contributed by atoms with Gasteiger partial charge in [-0.3, -0.25) is 14.4 Å². The molecule has 1 fully saturated rings. The van der Waals surface area contributed by atoms with E-state index in [2.05, 4.69) is 10.5 Å². The maximum Gasteiger partial charge on any atom is 0.307 e. The number of nitrogens with zero attached hydrogens (tertiary/aromatic N) is 2. The Kier molecular flexibility index (Phi) is 5.28. The second-order valence-electron chi connectivity index (χ2n) is 10.3. The molecule has 198 valence electrons. The number of benzene rings is 3. The molecule has 3 aliphatic carbocycles. The molecule has 2 bridgehead atoms. The average Bonchev–Trinajstić information content (AvgIpc) is 3.54. The predicted octanol–water partition coefficient (Wildman–Crippen LogP) is 4.56. The van der Waals surface area contributed by atoms with Gasteiger partial charge in [-0.25, -0.2) is 10.3 Å². The minimum atomic E-state index is -1.09. The van der Waals surface area contributed by atoms with Crippen molar-refractivity contribution in [2.45, 2.75) is 18.3 Å². The standard InChI is InChI=1S/C32H25N3O5/c1-18-15-16-25(40-18)29(36)34-33-17-32-21-11-5-3-9-19(21)26(20-10-4-6-12-22(20)32)27-28(32)31(38)35(30(27)37)23-13-7-8-14-24(23)39-2/h3-17,26-28H,1-2H3,(H,34,36)/b33-17-/t26?,27-,28-,32?/m0/s1. The molecule has 8 heteroatoms. The monoisotopic (exact) mass is 531 g/mol. The third-order valence-corrected chi connectivity index (χ3v) is 8.41. The van der Waals surface area contributed by atoms with E-state index in [1.165, 1.54) is 12.0 Å². The molecule has 1 N–H and O–H groups in total. The number of furan rings is 1. The maximum atomic E-state index is 14.4. The van der Waals surface area contributed by atoms with Crippen molar-refractivity contribution < 1.29 is 23.5 Å². The first-order valence-electron chi connectivity index (χ1n) is 13.1. The molecule has 4 aliphatic rings. The van der Waals surface area contributed by atoms with Crippen LogP contribution in [0, 0.1) is 18.8 Å². The zero-order chi connectivity index (χ0) is 27.6. The summed E-state index contributed by atoms with van der Waals surface area (Å²) in [5.74, 6) is -1.66. The molecule has 2 heterocycles. The lowest BCUT2D eigenvalue weighted by molar-refractivity contribution is -0.122. The second-order valence-corrected chi connectivity index (χ2v) is 10.3. The number of carbonyl (C=O) groups excluding carboxylic acids is 3. The van der Waals surface area contributed by atoms with Crippen molar-refractivity contribution in [1.29, 1.82) is 0 Å². The molecule has 40 heavy (non-hydrogen) atoms. The lowest BCUT2D eigenvalue weighted by atomic mass is 9.47. The van der Waals surface area contributed by atoms with Gasteiger partial charge in [-0.15, -0.1) is 0 Å². The number of amides is 3. The van der Waals surface area contributed by atoms with Crippen LogP contribution in [0.3, 0.4) is 0 Å². The molecule has 8 nitrogen and oxygen atoms in total. The van der Waals surface area contributed by atoms with Gasteiger partial charge in [-0.2, -0.15) is 5.10 Å². The zero-order valence-corrected chi connectivity index (χ0v) is 21.8. The van der Waals surface area contributed by atoms with Gasteiger partial charge < -0.3 is 9.15 Å². The van der Waals surface area contributed by atoms with Crippen LogP contribution in [0.25, 0.3) is 0 Å². The highest BCUT2D eigenvalue weighted by molar-refractivity contribution is 6.25. The molecular weight excluding hydrogens is 506 g/mol. The number of hydrogen-bond acceptors (Lipinski definition) is 6. The van der Waals surface area contributed by atoms with E-state index >= 15 is 0 Å². The lowest BCUT2D eigenvalue weighted by Crippen LogP contribution is -2.54. The van der Waals surface area contributed by atoms with Gasteiger partial charge in [0.1, 0.15) is 11.5 Å². The van der Waals surface area contributed by atoms with Crippen molar-refractivity contribution in [2.75, 3.05) is 12.0 Å². The van der Waals surface area contributed by atoms with Gasteiger partial charge in [0, 0.05) is 12.1 Å². The quantitative estimate of drug-likeness (QED) is 0.231. The van der Waals surface area contributed by atoms with Gasteiger partial charge in [0.2, 0.25) is 11.8 Å². The predicted molar refractivity (Wildman–Crippen MR) is 147 cm³/mol. The summed E-state index contributed by atoms with van der Waals surface area (Å²) < 4.78 is 11.0. The second kappa shape index (κ2) is 8.77. The molecule has 0 saturated carbocycles. The summed E-state index contributed by atoms with van der Waals surface area (Å²) in [6.07, 6.45) is 1.63. The number of anilines is 1. The largest absolute Gasteiger partial charge is 0.495 e. The van der Waals surface area contributed by atoms with Gasteiger partial charge in [0.25, 0.3) is 0 Å². The Morgan fingerprint density at radius 1 is 0.925 bits per heavy atom. The van der Waals surface area contributed by atoms with Crippen LogP contribution < -0.4 is 15.1 Å². The fourth-order valence-electron chi connectivity index (χ4n) is 6.91.